The number of aryl methyl sites for hydroxylation is 2. The normalized spacial score (nSPS) is 12.8. The number of aromatic nitrogens is 3. The van der Waals surface area contributed by atoms with E-state index in [0.29, 0.717) is 6.54 Å². The monoisotopic (exact) mass is 294 g/mol. The lowest BCUT2D eigenvalue weighted by Gasteiger charge is -2.11. The molecule has 0 spiro atoms. The van der Waals surface area contributed by atoms with Gasteiger partial charge in [0, 0.05) is 28.9 Å². The van der Waals surface area contributed by atoms with Crippen LogP contribution in [0, 0.1) is 20.8 Å². The Hall–Kier alpha value is -1.24. The van der Waals surface area contributed by atoms with Crippen LogP contribution in [0.25, 0.3) is 0 Å². The highest BCUT2D eigenvalue weighted by atomic mass is 32.1. The number of rotatable bonds is 6. The fourth-order valence-corrected chi connectivity index (χ4v) is 3.04. The Kier molecular flexibility index (Phi) is 4.91. The second-order valence-electron chi connectivity index (χ2n) is 5.03. The van der Waals surface area contributed by atoms with Crippen molar-refractivity contribution in [3.63, 3.8) is 0 Å². The van der Waals surface area contributed by atoms with E-state index < -0.39 is 0 Å². The molecule has 0 saturated carbocycles. The molecule has 1 atom stereocenters. The molecular formula is C14H22N4OS. The number of hydrogen-bond donors (Lipinski definition) is 2. The standard InChI is InChI=1S/C14H22N4OS/c1-9-8-20-14(16-9)11(3)15-7-13-10(2)17-18(5-6-19)12(13)4/h8,11,15,19H,5-7H2,1-4H3. The van der Waals surface area contributed by atoms with Crippen molar-refractivity contribution >= 4 is 11.3 Å². The van der Waals surface area contributed by atoms with Crippen molar-refractivity contribution in [1.82, 2.24) is 20.1 Å². The maximum absolute atomic E-state index is 9.03. The van der Waals surface area contributed by atoms with Crippen LogP contribution in [0.2, 0.25) is 0 Å². The molecule has 1 unspecified atom stereocenters. The average Bonchev–Trinajstić information content (AvgIpc) is 2.94. The highest BCUT2D eigenvalue weighted by Crippen LogP contribution is 2.19. The Morgan fingerprint density at radius 1 is 1.40 bits per heavy atom. The number of thiazole rings is 1. The first-order chi connectivity index (χ1) is 9.52. The molecule has 20 heavy (non-hydrogen) atoms. The van der Waals surface area contributed by atoms with Crippen molar-refractivity contribution in [2.45, 2.75) is 46.8 Å². The maximum atomic E-state index is 9.03. The topological polar surface area (TPSA) is 63.0 Å². The third-order valence-corrected chi connectivity index (χ3v) is 4.58. The SMILES string of the molecule is Cc1csc(C(C)NCc2c(C)nn(CCO)c2C)n1. The number of aliphatic hydroxyl groups excluding tert-OH is 1. The second kappa shape index (κ2) is 6.47. The van der Waals surface area contributed by atoms with Crippen molar-refractivity contribution < 1.29 is 5.11 Å². The molecule has 2 N–H and O–H groups in total. The molecule has 0 radical (unpaired) electrons. The van der Waals surface area contributed by atoms with E-state index in [4.69, 9.17) is 5.11 Å². The lowest BCUT2D eigenvalue weighted by Crippen LogP contribution is -2.19. The number of nitrogens with one attached hydrogen (secondary N) is 1. The highest BCUT2D eigenvalue weighted by molar-refractivity contribution is 7.09. The van der Waals surface area contributed by atoms with Crippen molar-refractivity contribution in [2.24, 2.45) is 0 Å². The van der Waals surface area contributed by atoms with Gasteiger partial charge in [-0.3, -0.25) is 4.68 Å². The van der Waals surface area contributed by atoms with Crippen molar-refractivity contribution in [3.05, 3.63) is 33.0 Å². The smallest absolute Gasteiger partial charge is 0.110 e. The molecule has 0 saturated heterocycles. The van der Waals surface area contributed by atoms with Gasteiger partial charge in [-0.25, -0.2) is 4.98 Å². The molecule has 2 aromatic rings. The van der Waals surface area contributed by atoms with Crippen LogP contribution in [0.3, 0.4) is 0 Å². The van der Waals surface area contributed by atoms with Gasteiger partial charge in [-0.05, 0) is 27.7 Å². The van der Waals surface area contributed by atoms with Gasteiger partial charge in [0.2, 0.25) is 0 Å². The van der Waals surface area contributed by atoms with E-state index >= 15 is 0 Å². The van der Waals surface area contributed by atoms with Gasteiger partial charge in [0.15, 0.2) is 0 Å². The van der Waals surface area contributed by atoms with E-state index in [0.717, 1.165) is 28.6 Å². The van der Waals surface area contributed by atoms with Gasteiger partial charge >= 0.3 is 0 Å². The van der Waals surface area contributed by atoms with Crippen LogP contribution in [-0.2, 0) is 13.1 Å². The molecule has 6 heteroatoms. The van der Waals surface area contributed by atoms with E-state index in [9.17, 15) is 0 Å². The lowest BCUT2D eigenvalue weighted by molar-refractivity contribution is 0.267. The Bertz CT molecular complexity index is 576. The van der Waals surface area contributed by atoms with Gasteiger partial charge in [0.25, 0.3) is 0 Å². The Labute approximate surface area is 123 Å². The van der Waals surface area contributed by atoms with E-state index in [1.807, 2.05) is 25.5 Å². The summed E-state index contributed by atoms with van der Waals surface area (Å²) < 4.78 is 1.87. The minimum Gasteiger partial charge on any atom is -0.394 e. The van der Waals surface area contributed by atoms with Crippen molar-refractivity contribution in [3.8, 4) is 0 Å². The zero-order valence-corrected chi connectivity index (χ0v) is 13.3. The largest absolute Gasteiger partial charge is 0.394 e. The highest BCUT2D eigenvalue weighted by Gasteiger charge is 2.14. The molecule has 0 aliphatic rings. The lowest BCUT2D eigenvalue weighted by atomic mass is 10.2. The summed E-state index contributed by atoms with van der Waals surface area (Å²) in [6, 6.07) is 0.230. The first kappa shape index (κ1) is 15.2. The molecule has 0 bridgehead atoms. The van der Waals surface area contributed by atoms with Crippen LogP contribution in [0.15, 0.2) is 5.38 Å². The van der Waals surface area contributed by atoms with Crippen LogP contribution in [-0.4, -0.2) is 26.5 Å². The van der Waals surface area contributed by atoms with E-state index in [2.05, 4.69) is 27.7 Å². The van der Waals surface area contributed by atoms with Crippen molar-refractivity contribution in [1.29, 1.82) is 0 Å². The molecular weight excluding hydrogens is 272 g/mol. The molecule has 0 fully saturated rings. The van der Waals surface area contributed by atoms with E-state index in [-0.39, 0.29) is 12.6 Å². The van der Waals surface area contributed by atoms with Crippen LogP contribution in [0.1, 0.15) is 40.6 Å². The molecule has 2 heterocycles. The van der Waals surface area contributed by atoms with Crippen molar-refractivity contribution in [2.75, 3.05) is 6.61 Å². The van der Waals surface area contributed by atoms with Crippen LogP contribution >= 0.6 is 11.3 Å². The molecule has 0 aliphatic heterocycles. The summed E-state index contributed by atoms with van der Waals surface area (Å²) in [4.78, 5) is 4.50. The van der Waals surface area contributed by atoms with Crippen LogP contribution < -0.4 is 5.32 Å². The maximum Gasteiger partial charge on any atom is 0.110 e. The average molecular weight is 294 g/mol. The number of hydrogen-bond acceptors (Lipinski definition) is 5. The molecule has 0 aromatic carbocycles. The predicted molar refractivity (Wildman–Crippen MR) is 80.9 cm³/mol. The minimum absolute atomic E-state index is 0.115. The zero-order chi connectivity index (χ0) is 14.7. The summed E-state index contributed by atoms with van der Waals surface area (Å²) in [6.45, 7) is 9.63. The second-order valence-corrected chi connectivity index (χ2v) is 5.92. The van der Waals surface area contributed by atoms with Gasteiger partial charge < -0.3 is 10.4 Å². The fraction of sp³-hybridized carbons (Fsp3) is 0.571. The summed E-state index contributed by atoms with van der Waals surface area (Å²) >= 11 is 1.69. The zero-order valence-electron chi connectivity index (χ0n) is 12.5. The quantitative estimate of drug-likeness (QED) is 0.856. The third kappa shape index (κ3) is 3.26. The van der Waals surface area contributed by atoms with E-state index in [1.54, 1.807) is 11.3 Å². The molecule has 0 aliphatic carbocycles. The molecule has 5 nitrogen and oxygen atoms in total. The molecule has 110 valence electrons. The summed E-state index contributed by atoms with van der Waals surface area (Å²) in [5.41, 5.74) is 4.41. The number of nitrogens with zero attached hydrogens (tertiary/aromatic N) is 3. The predicted octanol–water partition coefficient (Wildman–Crippen LogP) is 2.11. The van der Waals surface area contributed by atoms with Crippen LogP contribution in [0.5, 0.6) is 0 Å². The van der Waals surface area contributed by atoms with Gasteiger partial charge in [0.1, 0.15) is 5.01 Å². The minimum atomic E-state index is 0.115. The summed E-state index contributed by atoms with van der Waals surface area (Å²) in [7, 11) is 0. The fourth-order valence-electron chi connectivity index (χ4n) is 2.22. The Morgan fingerprint density at radius 2 is 2.15 bits per heavy atom. The molecule has 2 aromatic heterocycles. The summed E-state index contributed by atoms with van der Waals surface area (Å²) in [5, 5.41) is 20.2. The van der Waals surface area contributed by atoms with Crippen LogP contribution in [0.4, 0.5) is 0 Å². The first-order valence-electron chi connectivity index (χ1n) is 6.82. The van der Waals surface area contributed by atoms with Gasteiger partial charge in [-0.1, -0.05) is 0 Å². The Morgan fingerprint density at radius 3 is 2.75 bits per heavy atom. The van der Waals surface area contributed by atoms with Gasteiger partial charge in [0.05, 0.1) is 24.9 Å². The first-order valence-corrected chi connectivity index (χ1v) is 7.70. The Balaban J connectivity index is 2.03. The van der Waals surface area contributed by atoms with Gasteiger partial charge in [-0.15, -0.1) is 11.3 Å². The molecule has 0 amide bonds. The number of aliphatic hydroxyl groups is 1. The third-order valence-electron chi connectivity index (χ3n) is 3.44. The van der Waals surface area contributed by atoms with Gasteiger partial charge in [-0.2, -0.15) is 5.10 Å². The molecule has 2 rings (SSSR count). The summed E-state index contributed by atoms with van der Waals surface area (Å²) in [6.07, 6.45) is 0. The summed E-state index contributed by atoms with van der Waals surface area (Å²) in [5.74, 6) is 0. The van der Waals surface area contributed by atoms with E-state index in [1.165, 1.54) is 5.56 Å².